The second-order valence-corrected chi connectivity index (χ2v) is 6.09. The molecule has 0 aromatic carbocycles. The van der Waals surface area contributed by atoms with Crippen molar-refractivity contribution in [2.75, 3.05) is 13.6 Å². The molecule has 1 aromatic rings. The fourth-order valence-electron chi connectivity index (χ4n) is 1.42. The minimum Gasteiger partial charge on any atom is -0.302 e. The summed E-state index contributed by atoms with van der Waals surface area (Å²) in [5.74, 6) is 0.279. The lowest BCUT2D eigenvalue weighted by atomic mass is 10.2. The highest BCUT2D eigenvalue weighted by Gasteiger charge is 2.03. The van der Waals surface area contributed by atoms with Gasteiger partial charge in [0.2, 0.25) is 0 Å². The van der Waals surface area contributed by atoms with Crippen LogP contribution in [0.4, 0.5) is 0 Å². The maximum atomic E-state index is 10.8. The summed E-state index contributed by atoms with van der Waals surface area (Å²) >= 11 is 5.16. The van der Waals surface area contributed by atoms with E-state index in [0.29, 0.717) is 6.42 Å². The van der Waals surface area contributed by atoms with E-state index in [2.05, 4.69) is 39.3 Å². The van der Waals surface area contributed by atoms with Gasteiger partial charge in [-0.2, -0.15) is 0 Å². The number of carbonyl (C=O) groups excluding carboxylic acids is 1. The minimum atomic E-state index is 0.279. The Morgan fingerprint density at radius 3 is 2.87 bits per heavy atom. The first-order valence-electron chi connectivity index (χ1n) is 4.99. The highest BCUT2D eigenvalue weighted by atomic mass is 79.9. The largest absolute Gasteiger partial charge is 0.302 e. The zero-order chi connectivity index (χ0) is 11.3. The molecule has 0 aliphatic rings. The third kappa shape index (κ3) is 5.44. The first-order valence-corrected chi connectivity index (χ1v) is 6.66. The monoisotopic (exact) mass is 289 g/mol. The minimum absolute atomic E-state index is 0.279. The van der Waals surface area contributed by atoms with E-state index in [1.54, 1.807) is 18.3 Å². The Kier molecular flexibility index (Phi) is 5.50. The summed E-state index contributed by atoms with van der Waals surface area (Å²) in [6, 6.07) is 2.14. The van der Waals surface area contributed by atoms with Gasteiger partial charge in [-0.05, 0) is 59.9 Å². The molecule has 1 rings (SSSR count). The van der Waals surface area contributed by atoms with E-state index in [1.807, 2.05) is 0 Å². The molecular weight excluding hydrogens is 274 g/mol. The standard InChI is InChI=1S/C11H16BrNOS/c1-9(14)4-3-5-13(2)7-10-6-11(12)15-8-10/h6,8H,3-5,7H2,1-2H3. The highest BCUT2D eigenvalue weighted by molar-refractivity contribution is 9.11. The van der Waals surface area contributed by atoms with Crippen molar-refractivity contribution < 1.29 is 4.79 Å². The molecule has 0 aliphatic heterocycles. The molecule has 0 spiro atoms. The van der Waals surface area contributed by atoms with E-state index >= 15 is 0 Å². The maximum absolute atomic E-state index is 10.8. The van der Waals surface area contributed by atoms with Gasteiger partial charge in [0.25, 0.3) is 0 Å². The van der Waals surface area contributed by atoms with Crippen LogP contribution < -0.4 is 0 Å². The third-order valence-electron chi connectivity index (χ3n) is 2.14. The number of hydrogen-bond donors (Lipinski definition) is 0. The lowest BCUT2D eigenvalue weighted by Crippen LogP contribution is -2.19. The molecule has 0 unspecified atom stereocenters. The molecule has 1 heterocycles. The molecule has 2 nitrogen and oxygen atoms in total. The predicted molar refractivity (Wildman–Crippen MR) is 68.3 cm³/mol. The van der Waals surface area contributed by atoms with Crippen molar-refractivity contribution in [1.82, 2.24) is 4.90 Å². The molecule has 4 heteroatoms. The first kappa shape index (κ1) is 12.9. The molecule has 0 bridgehead atoms. The number of hydrogen-bond acceptors (Lipinski definition) is 3. The van der Waals surface area contributed by atoms with Gasteiger partial charge in [-0.3, -0.25) is 0 Å². The molecular formula is C11H16BrNOS. The summed E-state index contributed by atoms with van der Waals surface area (Å²) in [6.07, 6.45) is 1.65. The van der Waals surface area contributed by atoms with Gasteiger partial charge in [-0.1, -0.05) is 0 Å². The lowest BCUT2D eigenvalue weighted by Gasteiger charge is -2.14. The van der Waals surface area contributed by atoms with E-state index in [0.717, 1.165) is 19.5 Å². The van der Waals surface area contributed by atoms with E-state index in [4.69, 9.17) is 0 Å². The number of carbonyl (C=O) groups is 1. The van der Waals surface area contributed by atoms with Crippen molar-refractivity contribution in [1.29, 1.82) is 0 Å². The second-order valence-electron chi connectivity index (χ2n) is 3.80. The summed E-state index contributed by atoms with van der Waals surface area (Å²) < 4.78 is 1.18. The fourth-order valence-corrected chi connectivity index (χ4v) is 2.62. The predicted octanol–water partition coefficient (Wildman–Crippen LogP) is 3.31. The number of thiophene rings is 1. The van der Waals surface area contributed by atoms with Crippen molar-refractivity contribution in [3.05, 3.63) is 20.8 Å². The Labute approximate surface area is 103 Å². The second kappa shape index (κ2) is 6.40. The van der Waals surface area contributed by atoms with Crippen molar-refractivity contribution in [2.24, 2.45) is 0 Å². The van der Waals surface area contributed by atoms with E-state index in [1.165, 1.54) is 9.35 Å². The Hall–Kier alpha value is -0.190. The van der Waals surface area contributed by atoms with Gasteiger partial charge in [-0.15, -0.1) is 11.3 Å². The molecule has 0 aliphatic carbocycles. The van der Waals surface area contributed by atoms with Crippen molar-refractivity contribution in [2.45, 2.75) is 26.3 Å². The summed E-state index contributed by atoms with van der Waals surface area (Å²) in [5, 5.41) is 2.16. The Bertz CT molecular complexity index is 324. The van der Waals surface area contributed by atoms with Gasteiger partial charge in [0, 0.05) is 13.0 Å². The smallest absolute Gasteiger partial charge is 0.129 e. The van der Waals surface area contributed by atoms with Gasteiger partial charge in [0.1, 0.15) is 5.78 Å². The molecule has 84 valence electrons. The number of halogens is 1. The summed E-state index contributed by atoms with van der Waals surface area (Å²) in [6.45, 7) is 3.59. The van der Waals surface area contributed by atoms with Crippen molar-refractivity contribution in [3.63, 3.8) is 0 Å². The topological polar surface area (TPSA) is 20.3 Å². The van der Waals surface area contributed by atoms with E-state index in [-0.39, 0.29) is 5.78 Å². The van der Waals surface area contributed by atoms with E-state index in [9.17, 15) is 4.79 Å². The number of ketones is 1. The Balaban J connectivity index is 2.24. The zero-order valence-electron chi connectivity index (χ0n) is 9.12. The van der Waals surface area contributed by atoms with Crippen LogP contribution in [0.25, 0.3) is 0 Å². The molecule has 0 radical (unpaired) electrons. The molecule has 0 amide bonds. The SMILES string of the molecule is CC(=O)CCCN(C)Cc1csc(Br)c1. The molecule has 0 N–H and O–H groups in total. The van der Waals surface area contributed by atoms with Crippen molar-refractivity contribution in [3.8, 4) is 0 Å². The molecule has 0 saturated carbocycles. The van der Waals surface area contributed by atoms with Crippen LogP contribution in [-0.2, 0) is 11.3 Å². The third-order valence-corrected chi connectivity index (χ3v) is 3.70. The number of nitrogens with zero attached hydrogens (tertiary/aromatic N) is 1. The van der Waals surface area contributed by atoms with Crippen molar-refractivity contribution >= 4 is 33.0 Å². The molecule has 1 aromatic heterocycles. The average Bonchev–Trinajstić information content (AvgIpc) is 2.50. The number of Topliss-reactive ketones (excluding diaryl/α,β-unsaturated/α-hetero) is 1. The number of rotatable bonds is 6. The Morgan fingerprint density at radius 2 is 2.33 bits per heavy atom. The van der Waals surface area contributed by atoms with Crippen LogP contribution in [0.2, 0.25) is 0 Å². The highest BCUT2D eigenvalue weighted by Crippen LogP contribution is 2.21. The van der Waals surface area contributed by atoms with Crippen LogP contribution in [-0.4, -0.2) is 24.3 Å². The van der Waals surface area contributed by atoms with Crippen LogP contribution >= 0.6 is 27.3 Å². The normalized spacial score (nSPS) is 10.9. The fraction of sp³-hybridized carbons (Fsp3) is 0.545. The van der Waals surface area contributed by atoms with Gasteiger partial charge in [0.15, 0.2) is 0 Å². The first-order chi connectivity index (χ1) is 7.08. The van der Waals surface area contributed by atoms with Gasteiger partial charge in [0.05, 0.1) is 3.79 Å². The van der Waals surface area contributed by atoms with Crippen LogP contribution in [0, 0.1) is 0 Å². The van der Waals surface area contributed by atoms with Crippen LogP contribution in [0.1, 0.15) is 25.3 Å². The average molecular weight is 290 g/mol. The zero-order valence-corrected chi connectivity index (χ0v) is 11.5. The molecule has 0 fully saturated rings. The van der Waals surface area contributed by atoms with Gasteiger partial charge in [-0.25, -0.2) is 0 Å². The van der Waals surface area contributed by atoms with Gasteiger partial charge < -0.3 is 9.69 Å². The molecule has 0 atom stereocenters. The Morgan fingerprint density at radius 1 is 1.60 bits per heavy atom. The maximum Gasteiger partial charge on any atom is 0.129 e. The lowest BCUT2D eigenvalue weighted by molar-refractivity contribution is -0.117. The molecule has 15 heavy (non-hydrogen) atoms. The quantitative estimate of drug-likeness (QED) is 0.801. The van der Waals surface area contributed by atoms with Crippen LogP contribution in [0.3, 0.4) is 0 Å². The van der Waals surface area contributed by atoms with Crippen LogP contribution in [0.5, 0.6) is 0 Å². The summed E-state index contributed by atoms with van der Waals surface area (Å²) in [7, 11) is 2.09. The van der Waals surface area contributed by atoms with Crippen LogP contribution in [0.15, 0.2) is 15.2 Å². The summed E-state index contributed by atoms with van der Waals surface area (Å²) in [5.41, 5.74) is 1.33. The summed E-state index contributed by atoms with van der Waals surface area (Å²) in [4.78, 5) is 13.0. The van der Waals surface area contributed by atoms with E-state index < -0.39 is 0 Å². The molecule has 0 saturated heterocycles. The van der Waals surface area contributed by atoms with Gasteiger partial charge >= 0.3 is 0 Å².